The van der Waals surface area contributed by atoms with Crippen LogP contribution in [0.3, 0.4) is 0 Å². The third-order valence-corrected chi connectivity index (χ3v) is 9.22. The molecule has 33 heavy (non-hydrogen) atoms. The summed E-state index contributed by atoms with van der Waals surface area (Å²) in [6, 6.07) is 0. The van der Waals surface area contributed by atoms with Crippen molar-refractivity contribution in [1.82, 2.24) is 0 Å². The van der Waals surface area contributed by atoms with Gasteiger partial charge in [-0.05, 0) is 43.9 Å². The predicted octanol–water partition coefficient (Wildman–Crippen LogP) is 4.41. The quantitative estimate of drug-likeness (QED) is 0.501. The van der Waals surface area contributed by atoms with Crippen molar-refractivity contribution in [2.75, 3.05) is 6.61 Å². The van der Waals surface area contributed by atoms with E-state index in [9.17, 15) is 14.7 Å². The van der Waals surface area contributed by atoms with E-state index in [0.29, 0.717) is 18.2 Å². The highest BCUT2D eigenvalue weighted by Gasteiger charge is 2.74. The van der Waals surface area contributed by atoms with Gasteiger partial charge in [-0.25, -0.2) is 4.99 Å². The topological polar surface area (TPSA) is 85.2 Å². The Morgan fingerprint density at radius 2 is 2.03 bits per heavy atom. The maximum atomic E-state index is 13.6. The van der Waals surface area contributed by atoms with Crippen LogP contribution in [0.15, 0.2) is 28.8 Å². The second-order valence-corrected chi connectivity index (χ2v) is 10.6. The molecular formula is C27H39NO5. The molecule has 0 unspecified atom stereocenters. The number of nitrogens with zero attached hydrogens (tertiary/aromatic N) is 1. The van der Waals surface area contributed by atoms with E-state index in [4.69, 9.17) is 14.5 Å². The minimum absolute atomic E-state index is 0.130. The number of ether oxygens (including phenoxy) is 2. The van der Waals surface area contributed by atoms with Gasteiger partial charge in [-0.3, -0.25) is 9.59 Å². The molecule has 6 heteroatoms. The van der Waals surface area contributed by atoms with Crippen molar-refractivity contribution in [3.8, 4) is 0 Å². The summed E-state index contributed by atoms with van der Waals surface area (Å²) in [5.74, 6) is 0.466. The highest BCUT2D eigenvalue weighted by molar-refractivity contribution is 5.97. The van der Waals surface area contributed by atoms with Crippen molar-refractivity contribution in [3.05, 3.63) is 23.8 Å². The molecule has 0 aromatic heterocycles. The van der Waals surface area contributed by atoms with Crippen molar-refractivity contribution < 1.29 is 24.2 Å². The number of allylic oxidation sites excluding steroid dienone is 4. The van der Waals surface area contributed by atoms with Crippen LogP contribution >= 0.6 is 0 Å². The fourth-order valence-corrected chi connectivity index (χ4v) is 8.11. The average Bonchev–Trinajstić information content (AvgIpc) is 3.23. The molecule has 0 radical (unpaired) electrons. The summed E-state index contributed by atoms with van der Waals surface area (Å²) in [6.45, 7) is 11.2. The molecule has 0 amide bonds. The molecule has 182 valence electrons. The average molecular weight is 458 g/mol. The summed E-state index contributed by atoms with van der Waals surface area (Å²) in [4.78, 5) is 29.8. The van der Waals surface area contributed by atoms with Crippen LogP contribution in [-0.4, -0.2) is 47.1 Å². The van der Waals surface area contributed by atoms with Crippen molar-refractivity contribution in [2.24, 2.45) is 33.6 Å². The molecule has 5 rings (SSSR count). The molecule has 0 aromatic carbocycles. The summed E-state index contributed by atoms with van der Waals surface area (Å²) in [6.07, 6.45) is 10.2. The third kappa shape index (κ3) is 3.27. The van der Waals surface area contributed by atoms with Crippen LogP contribution in [0.4, 0.5) is 0 Å². The Hall–Kier alpha value is -1.95. The second-order valence-electron chi connectivity index (χ2n) is 10.6. The summed E-state index contributed by atoms with van der Waals surface area (Å²) < 4.78 is 11.2. The number of Topliss-reactive ketones (excluding diaryl/α,β-unsaturated/α-hetero) is 1. The zero-order chi connectivity index (χ0) is 24.2. The third-order valence-electron chi connectivity index (χ3n) is 9.22. The molecule has 1 aliphatic heterocycles. The minimum atomic E-state index is -1.09. The predicted molar refractivity (Wildman–Crippen MR) is 127 cm³/mol. The number of carbonyl (C=O) groups is 2. The van der Waals surface area contributed by atoms with Gasteiger partial charge in [-0.2, -0.15) is 0 Å². The molecule has 1 N–H and O–H groups in total. The van der Waals surface area contributed by atoms with Crippen LogP contribution < -0.4 is 0 Å². The van der Waals surface area contributed by atoms with E-state index in [2.05, 4.69) is 32.1 Å². The number of esters is 1. The van der Waals surface area contributed by atoms with Gasteiger partial charge in [0.05, 0.1) is 6.10 Å². The number of rotatable bonds is 3. The number of carbonyl (C=O) groups excluding carboxylic acids is 2. The fourth-order valence-electron chi connectivity index (χ4n) is 8.11. The molecule has 0 bridgehead atoms. The fraction of sp³-hybridized carbons (Fsp3) is 0.741. The first-order valence-corrected chi connectivity index (χ1v) is 12.6. The number of aliphatic imine (C=N–C) groups is 1. The number of aliphatic hydroxyl groups is 1. The van der Waals surface area contributed by atoms with E-state index < -0.39 is 23.0 Å². The molecule has 5 aliphatic rings. The first-order chi connectivity index (χ1) is 15.6. The van der Waals surface area contributed by atoms with Gasteiger partial charge >= 0.3 is 5.97 Å². The molecule has 3 saturated carbocycles. The number of aliphatic hydroxyl groups excluding tert-OH is 1. The summed E-state index contributed by atoms with van der Waals surface area (Å²) >= 11 is 0. The van der Waals surface area contributed by atoms with Crippen molar-refractivity contribution in [3.63, 3.8) is 0 Å². The van der Waals surface area contributed by atoms with Gasteiger partial charge < -0.3 is 14.6 Å². The SMILES string of the molecule is CC.CC(=O)OCC(=O)[C@@]12N=C(C)O[C@@H]1C[C@H]1[C@@H]3CCC4=CCC=C[C@]4(C)[C@H]3[C@@H](O)C[C@@]12C. The van der Waals surface area contributed by atoms with E-state index in [0.717, 1.165) is 25.7 Å². The summed E-state index contributed by atoms with van der Waals surface area (Å²) in [5, 5.41) is 11.6. The molecule has 6 nitrogen and oxygen atoms in total. The van der Waals surface area contributed by atoms with Gasteiger partial charge in [0.1, 0.15) is 6.10 Å². The lowest BCUT2D eigenvalue weighted by molar-refractivity contribution is -0.155. The molecule has 1 heterocycles. The van der Waals surface area contributed by atoms with Crippen LogP contribution in [-0.2, 0) is 19.1 Å². The van der Waals surface area contributed by atoms with E-state index in [1.165, 1.54) is 12.5 Å². The number of hydrogen-bond acceptors (Lipinski definition) is 6. The Balaban J connectivity index is 0.00000126. The second kappa shape index (κ2) is 8.37. The normalized spacial score (nSPS) is 44.5. The maximum absolute atomic E-state index is 13.6. The number of ketones is 1. The zero-order valence-electron chi connectivity index (χ0n) is 20.9. The standard InChI is InChI=1S/C25H33NO5.C2H6/c1-14-26-25(20(29)13-30-15(2)27)21(31-14)11-18-17-9-8-16-7-5-6-10-23(16,3)22(17)19(28)12-24(18,25)4;1-2/h6-7,10,17-19,21-22,28H,5,8-9,11-13H2,1-4H3;1-2H3/t17-,18-,19-,21+,22+,23-,24-,25+;/m0./s1. The van der Waals surface area contributed by atoms with Gasteiger partial charge in [-0.1, -0.05) is 51.5 Å². The summed E-state index contributed by atoms with van der Waals surface area (Å²) in [7, 11) is 0. The number of hydrogen-bond donors (Lipinski definition) is 1. The first kappa shape index (κ1) is 24.2. The van der Waals surface area contributed by atoms with Crippen molar-refractivity contribution in [1.29, 1.82) is 0 Å². The molecular weight excluding hydrogens is 418 g/mol. The Morgan fingerprint density at radius 1 is 1.30 bits per heavy atom. The molecule has 8 atom stereocenters. The largest absolute Gasteiger partial charge is 0.475 e. The Morgan fingerprint density at radius 3 is 2.73 bits per heavy atom. The zero-order valence-corrected chi connectivity index (χ0v) is 20.9. The molecule has 0 aromatic rings. The first-order valence-electron chi connectivity index (χ1n) is 12.6. The van der Waals surface area contributed by atoms with E-state index in [-0.39, 0.29) is 35.7 Å². The molecule has 0 saturated heterocycles. The van der Waals surface area contributed by atoms with Crippen molar-refractivity contribution in [2.45, 2.75) is 91.4 Å². The van der Waals surface area contributed by atoms with Crippen LogP contribution in [0.2, 0.25) is 0 Å². The van der Waals surface area contributed by atoms with E-state index in [1.54, 1.807) is 6.92 Å². The minimum Gasteiger partial charge on any atom is -0.475 e. The monoisotopic (exact) mass is 457 g/mol. The lowest BCUT2D eigenvalue weighted by Crippen LogP contribution is -2.62. The van der Waals surface area contributed by atoms with Gasteiger partial charge in [0, 0.05) is 30.6 Å². The highest BCUT2D eigenvalue weighted by Crippen LogP contribution is 2.69. The van der Waals surface area contributed by atoms with Crippen LogP contribution in [0, 0.1) is 28.6 Å². The van der Waals surface area contributed by atoms with E-state index >= 15 is 0 Å². The maximum Gasteiger partial charge on any atom is 0.303 e. The van der Waals surface area contributed by atoms with E-state index in [1.807, 2.05) is 13.8 Å². The van der Waals surface area contributed by atoms with Gasteiger partial charge in [0.2, 0.25) is 5.78 Å². The van der Waals surface area contributed by atoms with Gasteiger partial charge in [0.25, 0.3) is 0 Å². The molecule has 4 aliphatic carbocycles. The highest BCUT2D eigenvalue weighted by atomic mass is 16.5. The Bertz CT molecular complexity index is 921. The lowest BCUT2D eigenvalue weighted by atomic mass is 9.46. The van der Waals surface area contributed by atoms with Crippen LogP contribution in [0.25, 0.3) is 0 Å². The van der Waals surface area contributed by atoms with Gasteiger partial charge in [-0.15, -0.1) is 0 Å². The molecule has 0 spiro atoms. The smallest absolute Gasteiger partial charge is 0.303 e. The summed E-state index contributed by atoms with van der Waals surface area (Å²) in [5.41, 5.74) is -0.316. The van der Waals surface area contributed by atoms with Gasteiger partial charge in [0.15, 0.2) is 18.0 Å². The molecule has 3 fully saturated rings. The Kier molecular flexibility index (Phi) is 6.13. The lowest BCUT2D eigenvalue weighted by Gasteiger charge is -2.59. The number of fused-ring (bicyclic) bond motifs is 7. The van der Waals surface area contributed by atoms with Crippen molar-refractivity contribution >= 4 is 17.7 Å². The Labute approximate surface area is 197 Å². The van der Waals surface area contributed by atoms with Crippen LogP contribution in [0.5, 0.6) is 0 Å². The van der Waals surface area contributed by atoms with Crippen LogP contribution in [0.1, 0.15) is 73.6 Å².